The number of hydrogen-bond donors (Lipinski definition) is 3. The minimum Gasteiger partial charge on any atom is -0.508 e. The van der Waals surface area contributed by atoms with Crippen molar-refractivity contribution in [3.8, 4) is 5.75 Å². The number of nitrogens with zero attached hydrogens (tertiary/aromatic N) is 4. The summed E-state index contributed by atoms with van der Waals surface area (Å²) in [5, 5.41) is 34.4. The Hall–Kier alpha value is -4.19. The highest BCUT2D eigenvalue weighted by molar-refractivity contribution is 7.15. The van der Waals surface area contributed by atoms with Crippen LogP contribution < -0.4 is 10.7 Å². The summed E-state index contributed by atoms with van der Waals surface area (Å²) in [6.07, 6.45) is 1.34. The van der Waals surface area contributed by atoms with Crippen molar-refractivity contribution in [2.75, 3.05) is 5.32 Å². The smallest absolute Gasteiger partial charge is 0.269 e. The first-order chi connectivity index (χ1) is 14.4. The average Bonchev–Trinajstić information content (AvgIpc) is 3.16. The number of anilines is 1. The van der Waals surface area contributed by atoms with Gasteiger partial charge >= 0.3 is 0 Å². The minimum absolute atomic E-state index is 0.0853. The van der Waals surface area contributed by atoms with Gasteiger partial charge in [0.2, 0.25) is 11.0 Å². The number of nitro benzene ring substituents is 1. The number of aromatic nitrogens is 2. The molecule has 0 radical (unpaired) electrons. The van der Waals surface area contributed by atoms with Crippen molar-refractivity contribution >= 4 is 40.2 Å². The monoisotopic (exact) mass is 426 g/mol. The Labute approximate surface area is 173 Å². The molecule has 0 saturated carbocycles. The summed E-state index contributed by atoms with van der Waals surface area (Å²) >= 11 is 1.02. The number of benzene rings is 2. The maximum atomic E-state index is 12.2. The predicted molar refractivity (Wildman–Crippen MR) is 109 cm³/mol. The van der Waals surface area contributed by atoms with E-state index in [1.165, 1.54) is 42.6 Å². The van der Waals surface area contributed by atoms with Crippen LogP contribution in [0.15, 0.2) is 53.6 Å². The fraction of sp³-hybridized carbons (Fsp3) is 0.0556. The van der Waals surface area contributed by atoms with Gasteiger partial charge in [-0.25, -0.2) is 5.43 Å². The van der Waals surface area contributed by atoms with Crippen molar-refractivity contribution in [1.82, 2.24) is 15.6 Å². The van der Waals surface area contributed by atoms with Gasteiger partial charge < -0.3 is 5.11 Å². The summed E-state index contributed by atoms with van der Waals surface area (Å²) in [7, 11) is 0. The molecule has 0 fully saturated rings. The maximum Gasteiger partial charge on any atom is 0.269 e. The van der Waals surface area contributed by atoms with E-state index in [-0.39, 0.29) is 28.6 Å². The lowest BCUT2D eigenvalue weighted by Gasteiger charge is -2.00. The van der Waals surface area contributed by atoms with E-state index < -0.39 is 16.7 Å². The zero-order chi connectivity index (χ0) is 21.5. The van der Waals surface area contributed by atoms with Gasteiger partial charge in [0.25, 0.3) is 11.6 Å². The van der Waals surface area contributed by atoms with E-state index in [4.69, 9.17) is 0 Å². The maximum absolute atomic E-state index is 12.2. The number of nitro groups is 1. The summed E-state index contributed by atoms with van der Waals surface area (Å²) in [6, 6.07) is 11.4. The second kappa shape index (κ2) is 9.34. The van der Waals surface area contributed by atoms with Gasteiger partial charge in [0.15, 0.2) is 0 Å². The molecule has 0 unspecified atom stereocenters. The molecule has 0 spiro atoms. The Morgan fingerprint density at radius 2 is 1.83 bits per heavy atom. The summed E-state index contributed by atoms with van der Waals surface area (Å²) < 4.78 is 0. The Kier molecular flexibility index (Phi) is 6.39. The molecule has 1 heterocycles. The topological polar surface area (TPSA) is 160 Å². The molecule has 1 aromatic heterocycles. The lowest BCUT2D eigenvalue weighted by Crippen LogP contribution is -2.19. The van der Waals surface area contributed by atoms with E-state index in [9.17, 15) is 24.8 Å². The predicted octanol–water partition coefficient (Wildman–Crippen LogP) is 2.10. The number of hydrazone groups is 1. The molecule has 0 atom stereocenters. The molecule has 0 aliphatic carbocycles. The van der Waals surface area contributed by atoms with Crippen LogP contribution in [-0.2, 0) is 11.2 Å². The Morgan fingerprint density at radius 3 is 2.50 bits per heavy atom. The minimum atomic E-state index is -0.557. The van der Waals surface area contributed by atoms with E-state index in [2.05, 4.69) is 26.0 Å². The first-order valence-electron chi connectivity index (χ1n) is 8.40. The van der Waals surface area contributed by atoms with Gasteiger partial charge in [-0.2, -0.15) is 5.10 Å². The second-order valence-corrected chi connectivity index (χ2v) is 6.88. The number of phenolic OH excluding ortho intramolecular Hbond substituents is 1. The lowest BCUT2D eigenvalue weighted by atomic mass is 10.2. The summed E-state index contributed by atoms with van der Waals surface area (Å²) in [4.78, 5) is 34.2. The van der Waals surface area contributed by atoms with Crippen LogP contribution >= 0.6 is 11.3 Å². The van der Waals surface area contributed by atoms with Crippen LogP contribution in [0.4, 0.5) is 10.8 Å². The third-order valence-corrected chi connectivity index (χ3v) is 4.47. The number of amides is 2. The van der Waals surface area contributed by atoms with Gasteiger partial charge in [-0.1, -0.05) is 11.3 Å². The van der Waals surface area contributed by atoms with E-state index in [0.717, 1.165) is 11.3 Å². The zero-order valence-electron chi connectivity index (χ0n) is 15.2. The zero-order valence-corrected chi connectivity index (χ0v) is 16.0. The molecule has 0 aliphatic rings. The molecule has 3 aromatic rings. The molecule has 2 amide bonds. The van der Waals surface area contributed by atoms with Crippen LogP contribution in [0.2, 0.25) is 0 Å². The van der Waals surface area contributed by atoms with Crippen molar-refractivity contribution in [2.24, 2.45) is 5.10 Å². The molecule has 3 rings (SSSR count). The van der Waals surface area contributed by atoms with Crippen molar-refractivity contribution in [3.05, 3.63) is 74.8 Å². The molecule has 3 N–H and O–H groups in total. The highest BCUT2D eigenvalue weighted by Crippen LogP contribution is 2.18. The molecule has 2 aromatic carbocycles. The summed E-state index contributed by atoms with van der Waals surface area (Å²) in [5.41, 5.74) is 3.14. The fourth-order valence-corrected chi connectivity index (χ4v) is 2.93. The van der Waals surface area contributed by atoms with Crippen LogP contribution in [0.1, 0.15) is 20.9 Å². The van der Waals surface area contributed by atoms with Crippen LogP contribution in [-0.4, -0.2) is 38.3 Å². The van der Waals surface area contributed by atoms with Gasteiger partial charge in [-0.15, -0.1) is 10.2 Å². The van der Waals surface area contributed by atoms with E-state index in [1.54, 1.807) is 12.1 Å². The number of aromatic hydroxyl groups is 1. The molecular weight excluding hydrogens is 412 g/mol. The molecule has 0 bridgehead atoms. The standard InChI is InChI=1S/C18H14N6O5S/c25-14-7-1-11(2-8-14)10-19-21-15(26)9-16-22-23-18(30-16)20-17(27)12-3-5-13(6-4-12)24(28)29/h1-8,10,25H,9H2,(H,21,26)(H,20,23,27)/b19-10-. The van der Waals surface area contributed by atoms with Crippen molar-refractivity contribution < 1.29 is 19.6 Å². The van der Waals surface area contributed by atoms with Crippen LogP contribution in [0.3, 0.4) is 0 Å². The lowest BCUT2D eigenvalue weighted by molar-refractivity contribution is -0.384. The third kappa shape index (κ3) is 5.65. The molecule has 152 valence electrons. The Bertz CT molecular complexity index is 1100. The van der Waals surface area contributed by atoms with Gasteiger partial charge in [0, 0.05) is 17.7 Å². The third-order valence-electron chi connectivity index (χ3n) is 3.64. The number of non-ortho nitro benzene ring substituents is 1. The largest absolute Gasteiger partial charge is 0.508 e. The Morgan fingerprint density at radius 1 is 1.13 bits per heavy atom. The normalized spacial score (nSPS) is 10.7. The van der Waals surface area contributed by atoms with Crippen LogP contribution in [0.5, 0.6) is 5.75 Å². The van der Waals surface area contributed by atoms with E-state index >= 15 is 0 Å². The second-order valence-electron chi connectivity index (χ2n) is 5.82. The summed E-state index contributed by atoms with van der Waals surface area (Å²) in [6.45, 7) is 0. The van der Waals surface area contributed by atoms with E-state index in [1.807, 2.05) is 0 Å². The fourth-order valence-electron chi connectivity index (χ4n) is 2.20. The number of nitrogens with one attached hydrogen (secondary N) is 2. The number of carbonyl (C=O) groups is 2. The SMILES string of the molecule is O=C(Cc1nnc(NC(=O)c2ccc([N+](=O)[O-])cc2)s1)N/N=C\c1ccc(O)cc1. The van der Waals surface area contributed by atoms with Gasteiger partial charge in [0.05, 0.1) is 17.6 Å². The molecular formula is C18H14N6O5S. The number of rotatable bonds is 7. The van der Waals surface area contributed by atoms with Gasteiger partial charge in [-0.3, -0.25) is 25.0 Å². The number of hydrogen-bond acceptors (Lipinski definition) is 9. The average molecular weight is 426 g/mol. The molecule has 0 aliphatic heterocycles. The summed E-state index contributed by atoms with van der Waals surface area (Å²) in [5.74, 6) is -0.797. The van der Waals surface area contributed by atoms with Gasteiger partial charge in [-0.05, 0) is 42.0 Å². The van der Waals surface area contributed by atoms with Crippen molar-refractivity contribution in [1.29, 1.82) is 0 Å². The van der Waals surface area contributed by atoms with Gasteiger partial charge in [0.1, 0.15) is 10.8 Å². The number of phenols is 1. The number of carbonyl (C=O) groups excluding carboxylic acids is 2. The molecule has 30 heavy (non-hydrogen) atoms. The first-order valence-corrected chi connectivity index (χ1v) is 9.21. The quantitative estimate of drug-likeness (QED) is 0.296. The van der Waals surface area contributed by atoms with Crippen molar-refractivity contribution in [2.45, 2.75) is 6.42 Å². The molecule has 11 nitrogen and oxygen atoms in total. The molecule has 0 saturated heterocycles. The highest BCUT2D eigenvalue weighted by atomic mass is 32.1. The van der Waals surface area contributed by atoms with E-state index in [0.29, 0.717) is 10.6 Å². The van der Waals surface area contributed by atoms with Crippen LogP contribution in [0.25, 0.3) is 0 Å². The molecule has 12 heteroatoms. The van der Waals surface area contributed by atoms with Crippen LogP contribution in [0, 0.1) is 10.1 Å². The Balaban J connectivity index is 1.51. The highest BCUT2D eigenvalue weighted by Gasteiger charge is 2.13. The first kappa shape index (κ1) is 20.5. The van der Waals surface area contributed by atoms with Crippen molar-refractivity contribution in [3.63, 3.8) is 0 Å².